The maximum atomic E-state index is 13.1. The molecule has 1 fully saturated rings. The van der Waals surface area contributed by atoms with Crippen LogP contribution in [0.25, 0.3) is 0 Å². The molecular weight excluding hydrogens is 542 g/mol. The number of quaternary nitrogens is 1. The zero-order valence-corrected chi connectivity index (χ0v) is 24.4. The molecule has 0 radical (unpaired) electrons. The number of carboxylic acids is 1. The van der Waals surface area contributed by atoms with E-state index in [4.69, 9.17) is 9.47 Å². The van der Waals surface area contributed by atoms with Crippen LogP contribution in [0, 0.1) is 17.8 Å². The molecule has 4 aromatic carbocycles. The van der Waals surface area contributed by atoms with E-state index >= 15 is 0 Å². The van der Waals surface area contributed by atoms with Gasteiger partial charge < -0.3 is 30.2 Å². The van der Waals surface area contributed by atoms with Crippen molar-refractivity contribution in [2.75, 3.05) is 13.2 Å². The molecule has 7 heteroatoms. The number of ether oxygens (including phenoxy) is 2. The largest absolute Gasteiger partial charge is 0.545 e. The van der Waals surface area contributed by atoms with E-state index < -0.39 is 12.1 Å². The number of aliphatic hydroxyl groups excluding tert-OH is 1. The molecule has 224 valence electrons. The summed E-state index contributed by atoms with van der Waals surface area (Å²) in [5.74, 6) is -1.31. The summed E-state index contributed by atoms with van der Waals surface area (Å²) < 4.78 is 11.8. The number of carbonyl (C=O) groups is 2. The number of ketones is 1. The summed E-state index contributed by atoms with van der Waals surface area (Å²) in [4.78, 5) is 24.1. The first-order valence-corrected chi connectivity index (χ1v) is 14.5. The minimum atomic E-state index is -1.25. The Morgan fingerprint density at radius 1 is 0.721 bits per heavy atom. The standard InChI is InChI=1S/C27H26O5.C9H13NO/c28-26(21-11-13-22(14-12-21)27(29)30)25-23(17-31-15-19-7-3-1-4-8-19)24(25)18-32-16-20-9-5-2-6-10-20;1-7(10)9(11)8-5-3-2-4-6-8/h1-14,23-25H,15-18H2,(H,29,30);2-7,9,11H,10H2,1H3/t23-,24+,25?;7-,9-/m.1/s1. The lowest BCUT2D eigenvalue weighted by Gasteiger charge is -2.11. The van der Waals surface area contributed by atoms with Gasteiger partial charge in [0.15, 0.2) is 5.78 Å². The van der Waals surface area contributed by atoms with Crippen LogP contribution in [0.1, 0.15) is 50.4 Å². The van der Waals surface area contributed by atoms with Crippen LogP contribution in [-0.2, 0) is 22.7 Å². The van der Waals surface area contributed by atoms with Gasteiger partial charge in [0.1, 0.15) is 12.1 Å². The number of carboxylic acid groups (broad SMARTS) is 1. The van der Waals surface area contributed by atoms with Crippen molar-refractivity contribution in [1.29, 1.82) is 0 Å². The van der Waals surface area contributed by atoms with E-state index in [0.717, 1.165) is 16.7 Å². The van der Waals surface area contributed by atoms with E-state index in [1.807, 2.05) is 97.9 Å². The highest BCUT2D eigenvalue weighted by molar-refractivity contribution is 6.00. The smallest absolute Gasteiger partial charge is 0.166 e. The summed E-state index contributed by atoms with van der Waals surface area (Å²) >= 11 is 0. The van der Waals surface area contributed by atoms with Crippen molar-refractivity contribution in [3.05, 3.63) is 143 Å². The third-order valence-corrected chi connectivity index (χ3v) is 7.56. The number of Topliss-reactive ketones (excluding diaryl/α,β-unsaturated/α-hetero) is 1. The van der Waals surface area contributed by atoms with Crippen LogP contribution >= 0.6 is 0 Å². The SMILES string of the molecule is C[C@@H]([NH3+])[C@@H](O)c1ccccc1.O=C([O-])c1ccc(C(=O)C2[C@@H](COCc3ccccc3)[C@H]2COCc2ccccc2)cc1. The third kappa shape index (κ3) is 9.43. The summed E-state index contributed by atoms with van der Waals surface area (Å²) in [5.41, 5.74) is 7.44. The summed E-state index contributed by atoms with van der Waals surface area (Å²) in [5, 5.41) is 20.5. The number of hydrogen-bond acceptors (Lipinski definition) is 6. The second kappa shape index (κ2) is 15.9. The number of hydrogen-bond donors (Lipinski definition) is 2. The molecule has 0 bridgehead atoms. The van der Waals surface area contributed by atoms with Crippen molar-refractivity contribution in [1.82, 2.24) is 0 Å². The van der Waals surface area contributed by atoms with Gasteiger partial charge in [0.05, 0.1) is 32.4 Å². The van der Waals surface area contributed by atoms with Crippen molar-refractivity contribution in [3.8, 4) is 0 Å². The second-order valence-electron chi connectivity index (χ2n) is 10.9. The van der Waals surface area contributed by atoms with Gasteiger partial charge in [0.25, 0.3) is 0 Å². The molecule has 0 amide bonds. The number of rotatable bonds is 13. The van der Waals surface area contributed by atoms with Crippen LogP contribution in [0.15, 0.2) is 115 Å². The zero-order chi connectivity index (χ0) is 30.6. The molecule has 4 N–H and O–H groups in total. The number of benzene rings is 4. The minimum absolute atomic E-state index is 0.00322. The highest BCUT2D eigenvalue weighted by Gasteiger charge is 2.54. The number of aromatic carboxylic acids is 1. The van der Waals surface area contributed by atoms with Gasteiger partial charge >= 0.3 is 0 Å². The molecule has 1 unspecified atom stereocenters. The normalized spacial score (nSPS) is 18.5. The van der Waals surface area contributed by atoms with E-state index in [-0.39, 0.29) is 35.1 Å². The van der Waals surface area contributed by atoms with Crippen molar-refractivity contribution in [2.45, 2.75) is 32.3 Å². The Hall–Kier alpha value is -4.14. The first-order chi connectivity index (χ1) is 20.8. The molecule has 7 nitrogen and oxygen atoms in total. The fourth-order valence-electron chi connectivity index (χ4n) is 5.00. The van der Waals surface area contributed by atoms with Crippen molar-refractivity contribution in [3.63, 3.8) is 0 Å². The Labute approximate surface area is 252 Å². The fraction of sp³-hybridized carbons (Fsp3) is 0.278. The molecule has 0 aromatic heterocycles. The molecule has 5 rings (SSSR count). The second-order valence-corrected chi connectivity index (χ2v) is 10.9. The van der Waals surface area contributed by atoms with Crippen LogP contribution in [-0.4, -0.2) is 36.1 Å². The predicted molar refractivity (Wildman–Crippen MR) is 162 cm³/mol. The van der Waals surface area contributed by atoms with Crippen molar-refractivity contribution in [2.24, 2.45) is 17.8 Å². The molecule has 1 aliphatic carbocycles. The van der Waals surface area contributed by atoms with Crippen molar-refractivity contribution >= 4 is 11.8 Å². The van der Waals surface area contributed by atoms with Gasteiger partial charge in [-0.2, -0.15) is 0 Å². The summed E-state index contributed by atoms with van der Waals surface area (Å²) in [6.07, 6.45) is -0.434. The molecule has 1 aliphatic rings. The van der Waals surface area contributed by atoms with Crippen LogP contribution in [0.3, 0.4) is 0 Å². The lowest BCUT2D eigenvalue weighted by molar-refractivity contribution is -0.433. The van der Waals surface area contributed by atoms with Gasteiger partial charge in [-0.05, 0) is 41.0 Å². The average molecular weight is 582 g/mol. The molecule has 0 saturated heterocycles. The Bertz CT molecular complexity index is 1360. The molecular formula is C36H39NO6. The molecule has 0 spiro atoms. The topological polar surface area (TPSA) is 124 Å². The Balaban J connectivity index is 0.000000324. The number of carbonyl (C=O) groups excluding carboxylic acids is 2. The molecule has 43 heavy (non-hydrogen) atoms. The predicted octanol–water partition coefficient (Wildman–Crippen LogP) is 3.88. The molecule has 0 aliphatic heterocycles. The van der Waals surface area contributed by atoms with Crippen LogP contribution in [0.2, 0.25) is 0 Å². The Morgan fingerprint density at radius 2 is 1.14 bits per heavy atom. The van der Waals surface area contributed by atoms with Crippen LogP contribution in [0.4, 0.5) is 0 Å². The Morgan fingerprint density at radius 3 is 1.56 bits per heavy atom. The van der Waals surface area contributed by atoms with Gasteiger partial charge in [-0.15, -0.1) is 0 Å². The highest BCUT2D eigenvalue weighted by atomic mass is 16.5. The first kappa shape index (κ1) is 31.8. The van der Waals surface area contributed by atoms with Gasteiger partial charge in [0.2, 0.25) is 0 Å². The van der Waals surface area contributed by atoms with E-state index in [9.17, 15) is 19.8 Å². The summed E-state index contributed by atoms with van der Waals surface area (Å²) in [6, 6.07) is 35.4. The first-order valence-electron chi connectivity index (χ1n) is 14.5. The van der Waals surface area contributed by atoms with Gasteiger partial charge in [-0.3, -0.25) is 4.79 Å². The van der Waals surface area contributed by atoms with Gasteiger partial charge in [-0.1, -0.05) is 115 Å². The van der Waals surface area contributed by atoms with Crippen LogP contribution in [0.5, 0.6) is 0 Å². The molecule has 1 saturated carbocycles. The molecule has 4 aromatic rings. The van der Waals surface area contributed by atoms with Crippen LogP contribution < -0.4 is 10.8 Å². The Kier molecular flexibility index (Phi) is 11.8. The average Bonchev–Trinajstić information content (AvgIpc) is 3.74. The quantitative estimate of drug-likeness (QED) is 0.231. The van der Waals surface area contributed by atoms with E-state index in [1.165, 1.54) is 12.1 Å². The minimum Gasteiger partial charge on any atom is -0.545 e. The van der Waals surface area contributed by atoms with Gasteiger partial charge in [0, 0.05) is 11.5 Å². The van der Waals surface area contributed by atoms with E-state index in [0.29, 0.717) is 32.0 Å². The fourth-order valence-corrected chi connectivity index (χ4v) is 5.00. The molecule has 5 atom stereocenters. The third-order valence-electron chi connectivity index (χ3n) is 7.56. The maximum absolute atomic E-state index is 13.1. The van der Waals surface area contributed by atoms with E-state index in [1.54, 1.807) is 12.1 Å². The van der Waals surface area contributed by atoms with Crippen molar-refractivity contribution < 1.29 is 35.0 Å². The highest BCUT2D eigenvalue weighted by Crippen LogP contribution is 2.48. The zero-order valence-electron chi connectivity index (χ0n) is 24.4. The maximum Gasteiger partial charge on any atom is 0.166 e. The lowest BCUT2D eigenvalue weighted by Crippen LogP contribution is -2.61. The van der Waals surface area contributed by atoms with Gasteiger partial charge in [-0.25, -0.2) is 0 Å². The summed E-state index contributed by atoms with van der Waals surface area (Å²) in [7, 11) is 0. The lowest BCUT2D eigenvalue weighted by atomic mass is 10.0. The summed E-state index contributed by atoms with van der Waals surface area (Å²) in [6.45, 7) is 3.84. The molecule has 0 heterocycles. The monoisotopic (exact) mass is 581 g/mol. The van der Waals surface area contributed by atoms with E-state index in [2.05, 4.69) is 5.73 Å². The number of aliphatic hydroxyl groups is 1.